The van der Waals surface area contributed by atoms with E-state index in [9.17, 15) is 0 Å². The maximum atomic E-state index is 6.78. The first kappa shape index (κ1) is 17.7. The summed E-state index contributed by atoms with van der Waals surface area (Å²) in [6.07, 6.45) is 9.53. The number of hydrogen-bond donors (Lipinski definition) is 0. The summed E-state index contributed by atoms with van der Waals surface area (Å²) >= 11 is 0. The highest BCUT2D eigenvalue weighted by atomic mass is 16.6. The minimum Gasteiger partial charge on any atom is -0.372 e. The van der Waals surface area contributed by atoms with E-state index in [1.165, 1.54) is 38.5 Å². The van der Waals surface area contributed by atoms with Crippen LogP contribution in [0.1, 0.15) is 86.5 Å². The van der Waals surface area contributed by atoms with Gasteiger partial charge in [-0.3, -0.25) is 0 Å². The lowest BCUT2D eigenvalue weighted by atomic mass is 9.69. The first-order chi connectivity index (χ1) is 10.7. The van der Waals surface area contributed by atoms with E-state index in [1.807, 2.05) is 0 Å². The van der Waals surface area contributed by atoms with Gasteiger partial charge in [-0.2, -0.15) is 0 Å². The van der Waals surface area contributed by atoms with Crippen molar-refractivity contribution >= 4 is 0 Å². The molecule has 2 aliphatic carbocycles. The molecule has 4 atom stereocenters. The molecule has 0 spiro atoms. The Balaban J connectivity index is 1.80. The highest BCUT2D eigenvalue weighted by Crippen LogP contribution is 2.55. The summed E-state index contributed by atoms with van der Waals surface area (Å²) < 4.78 is 12.6. The Morgan fingerprint density at radius 2 is 1.74 bits per heavy atom. The summed E-state index contributed by atoms with van der Waals surface area (Å²) in [5.74, 6) is 2.31. The van der Waals surface area contributed by atoms with Crippen LogP contribution in [0.5, 0.6) is 0 Å². The van der Waals surface area contributed by atoms with Gasteiger partial charge in [-0.25, -0.2) is 0 Å². The minimum absolute atomic E-state index is 0.0112. The van der Waals surface area contributed by atoms with E-state index in [1.54, 1.807) is 0 Å². The van der Waals surface area contributed by atoms with E-state index in [0.717, 1.165) is 18.9 Å². The Hall–Kier alpha value is -0.0800. The van der Waals surface area contributed by atoms with E-state index in [4.69, 9.17) is 9.47 Å². The lowest BCUT2D eigenvalue weighted by Crippen LogP contribution is -2.42. The van der Waals surface area contributed by atoms with Gasteiger partial charge in [0.05, 0.1) is 23.9 Å². The molecule has 1 heterocycles. The molecule has 4 unspecified atom stereocenters. The van der Waals surface area contributed by atoms with Crippen LogP contribution >= 0.6 is 0 Å². The quantitative estimate of drug-likeness (QED) is 0.469. The van der Waals surface area contributed by atoms with Crippen molar-refractivity contribution in [2.24, 2.45) is 23.2 Å². The molecule has 0 amide bonds. The van der Waals surface area contributed by atoms with Crippen molar-refractivity contribution in [2.75, 3.05) is 6.61 Å². The second kappa shape index (κ2) is 6.02. The van der Waals surface area contributed by atoms with Gasteiger partial charge < -0.3 is 9.47 Å². The summed E-state index contributed by atoms with van der Waals surface area (Å²) in [7, 11) is 0. The molecule has 1 saturated heterocycles. The lowest BCUT2D eigenvalue weighted by molar-refractivity contribution is -0.127. The average Bonchev–Trinajstić information content (AvgIpc) is 3.34. The molecule has 3 rings (SSSR count). The first-order valence-corrected chi connectivity index (χ1v) is 10.00. The minimum atomic E-state index is -0.0112. The zero-order valence-electron chi connectivity index (χ0n) is 16.3. The third-order valence-corrected chi connectivity index (χ3v) is 7.40. The third-order valence-electron chi connectivity index (χ3n) is 7.40. The summed E-state index contributed by atoms with van der Waals surface area (Å²) in [5, 5.41) is 0. The predicted molar refractivity (Wildman–Crippen MR) is 95.6 cm³/mol. The summed E-state index contributed by atoms with van der Waals surface area (Å²) in [5.41, 5.74) is 0.564. The zero-order chi connectivity index (χ0) is 16.9. The molecule has 1 aliphatic heterocycles. The smallest absolute Gasteiger partial charge is 0.0917 e. The third kappa shape index (κ3) is 3.79. The number of rotatable bonds is 6. The van der Waals surface area contributed by atoms with Gasteiger partial charge in [0.25, 0.3) is 0 Å². The standard InChI is InChI=1S/C21H38O2/c1-7-19(2,3)23-18-13-16(21(6)14-22-21)9-8-10-17(18)20(4,5)15-11-12-15/h15-18H,7-14H2,1-6H3. The molecule has 134 valence electrons. The van der Waals surface area contributed by atoms with Crippen molar-refractivity contribution in [3.05, 3.63) is 0 Å². The van der Waals surface area contributed by atoms with Crippen LogP contribution in [0.25, 0.3) is 0 Å². The fourth-order valence-corrected chi connectivity index (χ4v) is 4.84. The summed E-state index contributed by atoms with van der Waals surface area (Å²) in [4.78, 5) is 0. The number of epoxide rings is 1. The van der Waals surface area contributed by atoms with E-state index in [-0.39, 0.29) is 11.2 Å². The van der Waals surface area contributed by atoms with E-state index < -0.39 is 0 Å². The van der Waals surface area contributed by atoms with Crippen LogP contribution in [-0.2, 0) is 9.47 Å². The van der Waals surface area contributed by atoms with Gasteiger partial charge >= 0.3 is 0 Å². The lowest BCUT2D eigenvalue weighted by Gasteiger charge is -2.43. The van der Waals surface area contributed by atoms with Crippen LogP contribution in [-0.4, -0.2) is 23.9 Å². The SMILES string of the molecule is CCC(C)(C)OC1CC(C2(C)CO2)CCCC1C(C)(C)C1CC1. The van der Waals surface area contributed by atoms with Crippen LogP contribution < -0.4 is 0 Å². The van der Waals surface area contributed by atoms with Crippen molar-refractivity contribution in [3.8, 4) is 0 Å². The molecule has 0 radical (unpaired) electrons. The van der Waals surface area contributed by atoms with Crippen LogP contribution in [0.3, 0.4) is 0 Å². The van der Waals surface area contributed by atoms with Gasteiger partial charge in [0.2, 0.25) is 0 Å². The van der Waals surface area contributed by atoms with Gasteiger partial charge in [-0.1, -0.05) is 27.2 Å². The molecule has 0 N–H and O–H groups in total. The van der Waals surface area contributed by atoms with E-state index in [0.29, 0.717) is 23.4 Å². The molecular weight excluding hydrogens is 284 g/mol. The van der Waals surface area contributed by atoms with Crippen LogP contribution in [0.2, 0.25) is 0 Å². The van der Waals surface area contributed by atoms with Crippen molar-refractivity contribution in [3.63, 3.8) is 0 Å². The molecule has 2 heteroatoms. The molecule has 2 nitrogen and oxygen atoms in total. The summed E-state index contributed by atoms with van der Waals surface area (Å²) in [6, 6.07) is 0. The van der Waals surface area contributed by atoms with Crippen molar-refractivity contribution < 1.29 is 9.47 Å². The molecule has 0 aromatic rings. The van der Waals surface area contributed by atoms with E-state index >= 15 is 0 Å². The Morgan fingerprint density at radius 3 is 2.26 bits per heavy atom. The average molecular weight is 323 g/mol. The molecule has 0 aromatic heterocycles. The zero-order valence-corrected chi connectivity index (χ0v) is 16.3. The Morgan fingerprint density at radius 1 is 1.09 bits per heavy atom. The van der Waals surface area contributed by atoms with Crippen molar-refractivity contribution in [1.82, 2.24) is 0 Å². The number of hydrogen-bond acceptors (Lipinski definition) is 2. The highest BCUT2D eigenvalue weighted by Gasteiger charge is 2.52. The normalized spacial score (nSPS) is 39.1. The highest BCUT2D eigenvalue weighted by molar-refractivity contribution is 5.01. The van der Waals surface area contributed by atoms with E-state index in [2.05, 4.69) is 41.5 Å². The van der Waals surface area contributed by atoms with Crippen molar-refractivity contribution in [1.29, 1.82) is 0 Å². The van der Waals surface area contributed by atoms with Gasteiger partial charge in [0, 0.05) is 0 Å². The molecule has 3 fully saturated rings. The second-order valence-corrected chi connectivity index (χ2v) is 9.94. The molecule has 0 aromatic carbocycles. The van der Waals surface area contributed by atoms with Crippen LogP contribution in [0.15, 0.2) is 0 Å². The Kier molecular flexibility index (Phi) is 4.64. The fraction of sp³-hybridized carbons (Fsp3) is 1.00. The first-order valence-electron chi connectivity index (χ1n) is 10.00. The van der Waals surface area contributed by atoms with Gasteiger partial charge in [0.15, 0.2) is 0 Å². The molecular formula is C21H38O2. The Labute approximate surface area is 143 Å². The molecule has 0 bridgehead atoms. The van der Waals surface area contributed by atoms with Crippen molar-refractivity contribution in [2.45, 2.75) is 104 Å². The van der Waals surface area contributed by atoms with Gasteiger partial charge in [0.1, 0.15) is 0 Å². The van der Waals surface area contributed by atoms with Crippen LogP contribution in [0, 0.1) is 23.2 Å². The Bertz CT molecular complexity index is 418. The monoisotopic (exact) mass is 322 g/mol. The van der Waals surface area contributed by atoms with Gasteiger partial charge in [-0.05, 0) is 82.5 Å². The van der Waals surface area contributed by atoms with Crippen LogP contribution in [0.4, 0.5) is 0 Å². The molecule has 2 saturated carbocycles. The predicted octanol–water partition coefficient (Wildman–Crippen LogP) is 5.59. The second-order valence-electron chi connectivity index (χ2n) is 9.94. The molecule has 23 heavy (non-hydrogen) atoms. The fourth-order valence-electron chi connectivity index (χ4n) is 4.84. The number of ether oxygens (including phenoxy) is 2. The summed E-state index contributed by atoms with van der Waals surface area (Å²) in [6.45, 7) is 15.1. The van der Waals surface area contributed by atoms with Gasteiger partial charge in [-0.15, -0.1) is 0 Å². The topological polar surface area (TPSA) is 21.8 Å². The maximum absolute atomic E-state index is 6.78. The largest absolute Gasteiger partial charge is 0.372 e. The maximum Gasteiger partial charge on any atom is 0.0917 e. The molecule has 3 aliphatic rings.